The zero-order chi connectivity index (χ0) is 15.4. The maximum absolute atomic E-state index is 9.40. The van der Waals surface area contributed by atoms with Crippen LogP contribution in [-0.4, -0.2) is 4.98 Å². The van der Waals surface area contributed by atoms with Crippen LogP contribution in [0.5, 0.6) is 0 Å². The van der Waals surface area contributed by atoms with Crippen LogP contribution in [0.3, 0.4) is 0 Å². The van der Waals surface area contributed by atoms with Gasteiger partial charge in [0.25, 0.3) is 0 Å². The van der Waals surface area contributed by atoms with Crippen molar-refractivity contribution in [1.29, 1.82) is 5.26 Å². The number of allylic oxidation sites excluding steroid dienone is 1. The van der Waals surface area contributed by atoms with Gasteiger partial charge in [0.1, 0.15) is 0 Å². The summed E-state index contributed by atoms with van der Waals surface area (Å²) in [5, 5.41) is 9.40. The third kappa shape index (κ3) is 3.13. The molecule has 3 heteroatoms. The molecule has 0 aliphatic heterocycles. The Morgan fingerprint density at radius 2 is 1.77 bits per heavy atom. The summed E-state index contributed by atoms with van der Waals surface area (Å²) in [4.78, 5) is 6.54. The van der Waals surface area contributed by atoms with E-state index in [4.69, 9.17) is 0 Å². The van der Waals surface area contributed by atoms with Gasteiger partial charge in [-0.25, -0.2) is 0 Å². The summed E-state index contributed by atoms with van der Waals surface area (Å²) in [5.74, 6) is 0. The molecule has 2 heterocycles. The molecule has 106 valence electrons. The van der Waals surface area contributed by atoms with Crippen LogP contribution in [0.15, 0.2) is 60.9 Å². The van der Waals surface area contributed by atoms with Crippen molar-refractivity contribution in [2.75, 3.05) is 0 Å². The van der Waals surface area contributed by atoms with E-state index < -0.39 is 0 Å². The van der Waals surface area contributed by atoms with Gasteiger partial charge in [-0.1, -0.05) is 24.3 Å². The molecule has 0 saturated carbocycles. The van der Waals surface area contributed by atoms with Gasteiger partial charge in [0, 0.05) is 22.1 Å². The minimum absolute atomic E-state index is 0.653. The number of rotatable bonds is 3. The van der Waals surface area contributed by atoms with Crippen LogP contribution in [0.1, 0.15) is 16.0 Å². The van der Waals surface area contributed by atoms with Crippen LogP contribution < -0.4 is 0 Å². The summed E-state index contributed by atoms with van der Waals surface area (Å²) in [6, 6.07) is 18.4. The lowest BCUT2D eigenvalue weighted by atomic mass is 10.0. The van der Waals surface area contributed by atoms with E-state index in [1.165, 1.54) is 15.3 Å². The number of aromatic nitrogens is 1. The van der Waals surface area contributed by atoms with Gasteiger partial charge in [0.15, 0.2) is 0 Å². The van der Waals surface area contributed by atoms with E-state index in [1.54, 1.807) is 23.7 Å². The maximum atomic E-state index is 9.40. The van der Waals surface area contributed by atoms with Gasteiger partial charge in [-0.3, -0.25) is 4.98 Å². The second kappa shape index (κ2) is 6.38. The molecule has 0 bridgehead atoms. The Morgan fingerprint density at radius 3 is 2.36 bits per heavy atom. The molecule has 0 aliphatic rings. The van der Waals surface area contributed by atoms with Crippen LogP contribution in [0.25, 0.3) is 22.1 Å². The van der Waals surface area contributed by atoms with Crippen molar-refractivity contribution >= 4 is 23.0 Å². The zero-order valence-corrected chi connectivity index (χ0v) is 13.0. The molecule has 0 atom stereocenters. The Hall–Kier alpha value is -2.70. The Morgan fingerprint density at radius 1 is 1.05 bits per heavy atom. The Bertz CT molecular complexity index is 837. The first-order chi connectivity index (χ1) is 10.8. The first-order valence-corrected chi connectivity index (χ1v) is 7.77. The lowest BCUT2D eigenvalue weighted by Gasteiger charge is -2.02. The second-order valence-electron chi connectivity index (χ2n) is 4.94. The molecular weight excluding hydrogens is 288 g/mol. The summed E-state index contributed by atoms with van der Waals surface area (Å²) >= 11 is 1.78. The van der Waals surface area contributed by atoms with E-state index in [0.717, 1.165) is 11.1 Å². The Kier molecular flexibility index (Phi) is 4.13. The van der Waals surface area contributed by atoms with Crippen LogP contribution in [0, 0.1) is 18.3 Å². The second-order valence-corrected chi connectivity index (χ2v) is 6.23. The Labute approximate surface area is 134 Å². The summed E-state index contributed by atoms with van der Waals surface area (Å²) in [6.45, 7) is 2.10. The van der Waals surface area contributed by atoms with Crippen molar-refractivity contribution in [1.82, 2.24) is 4.98 Å². The number of benzene rings is 1. The lowest BCUT2D eigenvalue weighted by molar-refractivity contribution is 1.32. The molecule has 0 N–H and O–H groups in total. The predicted octanol–water partition coefficient (Wildman–Crippen LogP) is 5.18. The van der Waals surface area contributed by atoms with Gasteiger partial charge in [-0.05, 0) is 54.0 Å². The van der Waals surface area contributed by atoms with Crippen LogP contribution in [0.2, 0.25) is 0 Å². The molecule has 0 radical (unpaired) electrons. The molecule has 3 rings (SSSR count). The largest absolute Gasteiger partial charge is 0.265 e. The smallest absolute Gasteiger partial charge is 0.0998 e. The van der Waals surface area contributed by atoms with E-state index in [9.17, 15) is 5.26 Å². The van der Waals surface area contributed by atoms with Gasteiger partial charge in [0.2, 0.25) is 0 Å². The molecule has 3 aromatic rings. The Balaban J connectivity index is 1.91. The first kappa shape index (κ1) is 14.2. The molecule has 1 aromatic carbocycles. The molecular formula is C19H14N2S. The van der Waals surface area contributed by atoms with Crippen molar-refractivity contribution in [3.8, 4) is 16.5 Å². The van der Waals surface area contributed by atoms with Gasteiger partial charge < -0.3 is 0 Å². The molecule has 0 saturated heterocycles. The zero-order valence-electron chi connectivity index (χ0n) is 12.2. The highest BCUT2D eigenvalue weighted by molar-refractivity contribution is 7.15. The van der Waals surface area contributed by atoms with E-state index in [2.05, 4.69) is 42.2 Å². The van der Waals surface area contributed by atoms with Crippen LogP contribution in [-0.2, 0) is 0 Å². The van der Waals surface area contributed by atoms with E-state index in [0.29, 0.717) is 5.57 Å². The lowest BCUT2D eigenvalue weighted by Crippen LogP contribution is -1.83. The highest BCUT2D eigenvalue weighted by Crippen LogP contribution is 2.29. The summed E-state index contributed by atoms with van der Waals surface area (Å²) < 4.78 is 0. The van der Waals surface area contributed by atoms with Crippen LogP contribution in [0.4, 0.5) is 0 Å². The van der Waals surface area contributed by atoms with E-state index >= 15 is 0 Å². The first-order valence-electron chi connectivity index (χ1n) is 6.95. The highest BCUT2D eigenvalue weighted by Gasteiger charge is 2.04. The number of aryl methyl sites for hydroxylation is 1. The van der Waals surface area contributed by atoms with Crippen molar-refractivity contribution in [2.24, 2.45) is 0 Å². The van der Waals surface area contributed by atoms with Crippen molar-refractivity contribution in [3.63, 3.8) is 0 Å². The van der Waals surface area contributed by atoms with E-state index in [1.807, 2.05) is 30.3 Å². The maximum Gasteiger partial charge on any atom is 0.0998 e. The third-order valence-electron chi connectivity index (χ3n) is 3.36. The summed E-state index contributed by atoms with van der Waals surface area (Å²) in [5.41, 5.74) is 3.74. The van der Waals surface area contributed by atoms with E-state index in [-0.39, 0.29) is 0 Å². The SMILES string of the molecule is Cc1ccc(-c2ccc(/C(C#N)=C\c3ccncc3)cc2)s1. The molecule has 0 aliphatic carbocycles. The molecule has 2 nitrogen and oxygen atoms in total. The number of hydrogen-bond donors (Lipinski definition) is 0. The summed E-state index contributed by atoms with van der Waals surface area (Å²) in [7, 11) is 0. The fourth-order valence-corrected chi connectivity index (χ4v) is 3.08. The number of thiophene rings is 1. The molecule has 0 spiro atoms. The van der Waals surface area contributed by atoms with Gasteiger partial charge in [0.05, 0.1) is 11.6 Å². The molecule has 0 fully saturated rings. The average molecular weight is 302 g/mol. The average Bonchev–Trinajstić information content (AvgIpc) is 3.00. The predicted molar refractivity (Wildman–Crippen MR) is 92.2 cm³/mol. The van der Waals surface area contributed by atoms with Crippen LogP contribution >= 0.6 is 11.3 Å². The fourth-order valence-electron chi connectivity index (χ4n) is 2.21. The third-order valence-corrected chi connectivity index (χ3v) is 4.41. The van der Waals surface area contributed by atoms with Gasteiger partial charge >= 0.3 is 0 Å². The monoisotopic (exact) mass is 302 g/mol. The van der Waals surface area contributed by atoms with Crippen molar-refractivity contribution in [2.45, 2.75) is 6.92 Å². The normalized spacial score (nSPS) is 11.2. The summed E-state index contributed by atoms with van der Waals surface area (Å²) in [6.07, 6.45) is 5.33. The van der Waals surface area contributed by atoms with Gasteiger partial charge in [-0.15, -0.1) is 11.3 Å². The quantitative estimate of drug-likeness (QED) is 0.625. The molecule has 2 aromatic heterocycles. The minimum atomic E-state index is 0.653. The van der Waals surface area contributed by atoms with Crippen molar-refractivity contribution in [3.05, 3.63) is 76.9 Å². The highest BCUT2D eigenvalue weighted by atomic mass is 32.1. The van der Waals surface area contributed by atoms with Gasteiger partial charge in [-0.2, -0.15) is 5.26 Å². The number of pyridine rings is 1. The van der Waals surface area contributed by atoms with Crippen molar-refractivity contribution < 1.29 is 0 Å². The molecule has 0 unspecified atom stereocenters. The minimum Gasteiger partial charge on any atom is -0.265 e. The molecule has 22 heavy (non-hydrogen) atoms. The number of hydrogen-bond acceptors (Lipinski definition) is 3. The topological polar surface area (TPSA) is 36.7 Å². The standard InChI is InChI=1S/C19H14N2S/c1-14-2-7-19(22-14)17-5-3-16(4-6-17)18(13-20)12-15-8-10-21-11-9-15/h2-12H,1H3/b18-12-. The number of nitrogens with zero attached hydrogens (tertiary/aromatic N) is 2. The fraction of sp³-hybridized carbons (Fsp3) is 0.0526. The molecule has 0 amide bonds. The number of nitriles is 1.